The van der Waals surface area contributed by atoms with Crippen LogP contribution in [-0.2, 0) is 11.8 Å². The third kappa shape index (κ3) is 1.75. The van der Waals surface area contributed by atoms with Crippen LogP contribution in [0.4, 0.5) is 35.1 Å². The largest absolute Gasteiger partial charge is 0.494 e. The molecule has 0 heterocycles. The Morgan fingerprint density at radius 1 is 0.810 bits per heavy atom. The molecule has 0 amide bonds. The average molecular weight is 320 g/mol. The van der Waals surface area contributed by atoms with Crippen LogP contribution in [0.3, 0.4) is 0 Å². The van der Waals surface area contributed by atoms with Crippen molar-refractivity contribution < 1.29 is 39.9 Å². The lowest BCUT2D eigenvalue weighted by molar-refractivity contribution is -0.386. The van der Waals surface area contributed by atoms with Crippen molar-refractivity contribution in [3.05, 3.63) is 29.3 Å². The minimum Gasteiger partial charge on any atom is -0.494 e. The van der Waals surface area contributed by atoms with E-state index < -0.39 is 40.6 Å². The predicted molar refractivity (Wildman–Crippen MR) is 55.3 cm³/mol. The van der Waals surface area contributed by atoms with E-state index in [2.05, 4.69) is 0 Å². The highest BCUT2D eigenvalue weighted by Gasteiger charge is 2.85. The van der Waals surface area contributed by atoms with Gasteiger partial charge in [-0.05, 0) is 25.1 Å². The van der Waals surface area contributed by atoms with Gasteiger partial charge in [0.1, 0.15) is 5.75 Å². The van der Waals surface area contributed by atoms with Gasteiger partial charge in [0, 0.05) is 11.1 Å². The van der Waals surface area contributed by atoms with Crippen LogP contribution < -0.4 is 4.74 Å². The molecule has 2 rings (SSSR count). The Hall–Kier alpha value is -1.54. The highest BCUT2D eigenvalue weighted by atomic mass is 19.4. The summed E-state index contributed by atoms with van der Waals surface area (Å²) in [6.07, 6.45) is 0. The fourth-order valence-electron chi connectivity index (χ4n) is 2.05. The number of benzene rings is 1. The molecule has 0 radical (unpaired) electrons. The highest BCUT2D eigenvalue weighted by molar-refractivity contribution is 5.46. The molecule has 118 valence electrons. The molecule has 1 aliphatic rings. The van der Waals surface area contributed by atoms with Crippen LogP contribution in [-0.4, -0.2) is 18.5 Å². The van der Waals surface area contributed by atoms with E-state index in [0.29, 0.717) is 0 Å². The zero-order valence-electron chi connectivity index (χ0n) is 10.4. The second kappa shape index (κ2) is 4.23. The van der Waals surface area contributed by atoms with Gasteiger partial charge in [-0.25, -0.2) is 0 Å². The Morgan fingerprint density at radius 2 is 1.29 bits per heavy atom. The maximum atomic E-state index is 13.6. The average Bonchev–Trinajstić information content (AvgIpc) is 2.37. The molecule has 0 saturated carbocycles. The van der Waals surface area contributed by atoms with E-state index in [1.54, 1.807) is 0 Å². The van der Waals surface area contributed by atoms with Crippen molar-refractivity contribution in [2.45, 2.75) is 30.6 Å². The number of fused-ring (bicyclic) bond motifs is 1. The Labute approximate surface area is 113 Å². The number of ether oxygens (including phenoxy) is 1. The molecule has 0 atom stereocenters. The number of hydrogen-bond donors (Lipinski definition) is 0. The summed E-state index contributed by atoms with van der Waals surface area (Å²) in [5.74, 6) is -23.7. The van der Waals surface area contributed by atoms with Crippen LogP contribution >= 0.6 is 0 Å². The van der Waals surface area contributed by atoms with Crippen LogP contribution in [0, 0.1) is 0 Å². The van der Waals surface area contributed by atoms with Crippen LogP contribution in [0.15, 0.2) is 18.2 Å². The van der Waals surface area contributed by atoms with E-state index in [0.717, 1.165) is 6.07 Å². The molecule has 0 fully saturated rings. The van der Waals surface area contributed by atoms with Crippen molar-refractivity contribution in [1.29, 1.82) is 0 Å². The Bertz CT molecular complexity index is 566. The lowest BCUT2D eigenvalue weighted by Gasteiger charge is -2.42. The molecular weight excluding hydrogens is 312 g/mol. The van der Waals surface area contributed by atoms with Crippen LogP contribution in [0.1, 0.15) is 18.1 Å². The normalized spacial score (nSPS) is 24.2. The predicted octanol–water partition coefficient (Wildman–Crippen LogP) is 4.55. The quantitative estimate of drug-likeness (QED) is 0.726. The van der Waals surface area contributed by atoms with Crippen LogP contribution in [0.5, 0.6) is 5.75 Å². The lowest BCUT2D eigenvalue weighted by atomic mass is 9.80. The second-order valence-corrected chi connectivity index (χ2v) is 4.44. The van der Waals surface area contributed by atoms with Gasteiger partial charge in [-0.3, -0.25) is 0 Å². The van der Waals surface area contributed by atoms with Gasteiger partial charge in [0.25, 0.3) is 0 Å². The maximum Gasteiger partial charge on any atom is 0.382 e. The number of rotatable bonds is 2. The molecule has 0 N–H and O–H groups in total. The first kappa shape index (κ1) is 15.8. The molecule has 0 bridgehead atoms. The van der Waals surface area contributed by atoms with Gasteiger partial charge < -0.3 is 4.74 Å². The molecule has 9 heteroatoms. The molecule has 0 saturated heterocycles. The summed E-state index contributed by atoms with van der Waals surface area (Å²) in [6.45, 7) is 1.39. The summed E-state index contributed by atoms with van der Waals surface area (Å²) in [6, 6.07) is 1.22. The van der Waals surface area contributed by atoms with Crippen molar-refractivity contribution in [3.63, 3.8) is 0 Å². The first-order chi connectivity index (χ1) is 9.41. The first-order valence-corrected chi connectivity index (χ1v) is 5.70. The molecule has 1 aromatic rings. The van der Waals surface area contributed by atoms with E-state index >= 15 is 0 Å². The van der Waals surface area contributed by atoms with Gasteiger partial charge in [0.15, 0.2) is 0 Å². The van der Waals surface area contributed by atoms with E-state index in [9.17, 15) is 35.1 Å². The molecule has 1 nitrogen and oxygen atoms in total. The summed E-state index contributed by atoms with van der Waals surface area (Å²) in [5.41, 5.74) is -3.71. The molecular formula is C12H8F8O. The minimum atomic E-state index is -6.23. The van der Waals surface area contributed by atoms with Crippen molar-refractivity contribution in [1.82, 2.24) is 0 Å². The van der Waals surface area contributed by atoms with Crippen molar-refractivity contribution in [2.24, 2.45) is 0 Å². The Morgan fingerprint density at radius 3 is 1.76 bits per heavy atom. The third-order valence-corrected chi connectivity index (χ3v) is 3.16. The Balaban J connectivity index is 2.78. The molecule has 1 aliphatic carbocycles. The lowest BCUT2D eigenvalue weighted by Crippen LogP contribution is -2.63. The smallest absolute Gasteiger partial charge is 0.382 e. The fourth-order valence-corrected chi connectivity index (χ4v) is 2.05. The number of halogens is 8. The monoisotopic (exact) mass is 320 g/mol. The fraction of sp³-hybridized carbons (Fsp3) is 0.500. The van der Waals surface area contributed by atoms with E-state index in [1.807, 2.05) is 0 Å². The van der Waals surface area contributed by atoms with Crippen LogP contribution in [0.2, 0.25) is 0 Å². The highest BCUT2D eigenvalue weighted by Crippen LogP contribution is 2.64. The van der Waals surface area contributed by atoms with Crippen molar-refractivity contribution in [2.75, 3.05) is 6.61 Å². The van der Waals surface area contributed by atoms with Gasteiger partial charge in [-0.2, -0.15) is 35.1 Å². The van der Waals surface area contributed by atoms with E-state index in [4.69, 9.17) is 4.74 Å². The third-order valence-electron chi connectivity index (χ3n) is 3.16. The zero-order valence-corrected chi connectivity index (χ0v) is 10.4. The molecule has 1 aromatic carbocycles. The molecule has 0 unspecified atom stereocenters. The van der Waals surface area contributed by atoms with Crippen LogP contribution in [0.25, 0.3) is 0 Å². The molecule has 21 heavy (non-hydrogen) atoms. The number of alkyl halides is 8. The van der Waals surface area contributed by atoms with Gasteiger partial charge in [0.05, 0.1) is 6.61 Å². The van der Waals surface area contributed by atoms with Gasteiger partial charge in [-0.15, -0.1) is 0 Å². The second-order valence-electron chi connectivity index (χ2n) is 4.44. The SMILES string of the molecule is CCOc1ccc2c(c1)C(F)(F)C(F)(F)C(F)(F)C2(F)F. The molecule has 0 aromatic heterocycles. The van der Waals surface area contributed by atoms with E-state index in [-0.39, 0.29) is 18.7 Å². The maximum absolute atomic E-state index is 13.6. The number of hydrogen-bond acceptors (Lipinski definition) is 1. The van der Waals surface area contributed by atoms with E-state index in [1.165, 1.54) is 6.92 Å². The molecule has 0 spiro atoms. The standard InChI is InChI=1S/C12H8F8O/c1-2-21-6-3-4-7-8(5-6)10(15,16)12(19,20)11(17,18)9(7,13)14/h3-5H,2H2,1H3. The summed E-state index contributed by atoms with van der Waals surface area (Å²) in [5, 5.41) is 0. The van der Waals surface area contributed by atoms with Gasteiger partial charge in [0.2, 0.25) is 0 Å². The molecule has 0 aliphatic heterocycles. The summed E-state index contributed by atoms with van der Waals surface area (Å²) in [7, 11) is 0. The summed E-state index contributed by atoms with van der Waals surface area (Å²) in [4.78, 5) is 0. The van der Waals surface area contributed by atoms with Crippen molar-refractivity contribution >= 4 is 0 Å². The van der Waals surface area contributed by atoms with Gasteiger partial charge in [-0.1, -0.05) is 0 Å². The first-order valence-electron chi connectivity index (χ1n) is 5.70. The van der Waals surface area contributed by atoms with Gasteiger partial charge >= 0.3 is 23.7 Å². The topological polar surface area (TPSA) is 9.23 Å². The Kier molecular flexibility index (Phi) is 3.19. The zero-order chi connectivity index (χ0) is 16.3. The minimum absolute atomic E-state index is 0.0483. The summed E-state index contributed by atoms with van der Waals surface area (Å²) >= 11 is 0. The van der Waals surface area contributed by atoms with Crippen molar-refractivity contribution in [3.8, 4) is 5.75 Å². The summed E-state index contributed by atoms with van der Waals surface area (Å²) < 4.78 is 112.